The highest BCUT2D eigenvalue weighted by molar-refractivity contribution is 5.75. The van der Waals surface area contributed by atoms with Crippen molar-refractivity contribution in [2.75, 3.05) is 5.32 Å². The van der Waals surface area contributed by atoms with Crippen LogP contribution in [-0.4, -0.2) is 15.1 Å². The van der Waals surface area contributed by atoms with Gasteiger partial charge in [-0.2, -0.15) is 4.98 Å². The first-order valence-electron chi connectivity index (χ1n) is 9.45. The second kappa shape index (κ2) is 7.79. The van der Waals surface area contributed by atoms with Gasteiger partial charge in [0.15, 0.2) is 0 Å². The first kappa shape index (κ1) is 19.3. The molecule has 0 radical (unpaired) electrons. The molecule has 0 spiro atoms. The Balaban J connectivity index is 1.69. The minimum atomic E-state index is -0.423. The number of aryl methyl sites for hydroxylation is 3. The molecule has 0 saturated heterocycles. The second-order valence-electron chi connectivity index (χ2n) is 7.17. The average molecular weight is 400 g/mol. The number of benzene rings is 3. The van der Waals surface area contributed by atoms with Crippen molar-refractivity contribution in [1.29, 1.82) is 0 Å². The second-order valence-corrected chi connectivity index (χ2v) is 7.17. The van der Waals surface area contributed by atoms with Crippen LogP contribution in [0.4, 0.5) is 17.1 Å². The molecule has 0 aliphatic carbocycles. The summed E-state index contributed by atoms with van der Waals surface area (Å²) in [7, 11) is 0. The molecule has 4 aromatic rings. The fourth-order valence-corrected chi connectivity index (χ4v) is 3.29. The SMILES string of the molecule is Cc1ccc(Nc2ccc(-c3nc(-c4ccccc4C)no3)cc2[N+](=O)[O-])c(C)c1. The van der Waals surface area contributed by atoms with Gasteiger partial charge in [0.05, 0.1) is 4.92 Å². The Hall–Kier alpha value is -4.00. The van der Waals surface area contributed by atoms with Crippen LogP contribution < -0.4 is 5.32 Å². The third-order valence-electron chi connectivity index (χ3n) is 4.90. The van der Waals surface area contributed by atoms with Gasteiger partial charge in [0.25, 0.3) is 11.6 Å². The molecule has 1 N–H and O–H groups in total. The molecule has 30 heavy (non-hydrogen) atoms. The highest BCUT2D eigenvalue weighted by Gasteiger charge is 2.19. The van der Waals surface area contributed by atoms with Crippen molar-refractivity contribution in [2.24, 2.45) is 0 Å². The van der Waals surface area contributed by atoms with E-state index >= 15 is 0 Å². The van der Waals surface area contributed by atoms with E-state index in [9.17, 15) is 10.1 Å². The minimum absolute atomic E-state index is 0.0666. The molecule has 0 fully saturated rings. The van der Waals surface area contributed by atoms with Crippen LogP contribution in [0.15, 0.2) is 65.2 Å². The molecule has 150 valence electrons. The van der Waals surface area contributed by atoms with E-state index in [1.54, 1.807) is 12.1 Å². The average Bonchev–Trinajstić information content (AvgIpc) is 3.20. The quantitative estimate of drug-likeness (QED) is 0.327. The van der Waals surface area contributed by atoms with Crippen LogP contribution in [-0.2, 0) is 0 Å². The molecule has 0 saturated carbocycles. The van der Waals surface area contributed by atoms with Crippen molar-refractivity contribution in [1.82, 2.24) is 10.1 Å². The Bertz CT molecular complexity index is 1250. The smallest absolute Gasteiger partial charge is 0.293 e. The summed E-state index contributed by atoms with van der Waals surface area (Å²) in [6, 6.07) is 18.4. The summed E-state index contributed by atoms with van der Waals surface area (Å²) in [5.74, 6) is 0.678. The first-order chi connectivity index (χ1) is 14.4. The Morgan fingerprint density at radius 3 is 2.43 bits per heavy atom. The number of hydrogen-bond acceptors (Lipinski definition) is 6. The van der Waals surface area contributed by atoms with Gasteiger partial charge in [0.2, 0.25) is 5.82 Å². The molecule has 0 bridgehead atoms. The molecule has 0 aliphatic rings. The van der Waals surface area contributed by atoms with Gasteiger partial charge in [-0.1, -0.05) is 47.1 Å². The lowest BCUT2D eigenvalue weighted by Gasteiger charge is -2.11. The summed E-state index contributed by atoms with van der Waals surface area (Å²) in [6.07, 6.45) is 0. The summed E-state index contributed by atoms with van der Waals surface area (Å²) in [6.45, 7) is 5.93. The monoisotopic (exact) mass is 400 g/mol. The summed E-state index contributed by atoms with van der Waals surface area (Å²) >= 11 is 0. The molecule has 1 heterocycles. The largest absolute Gasteiger partial charge is 0.350 e. The molecule has 0 aliphatic heterocycles. The van der Waals surface area contributed by atoms with Gasteiger partial charge in [-0.3, -0.25) is 10.1 Å². The molecule has 1 aromatic heterocycles. The lowest BCUT2D eigenvalue weighted by molar-refractivity contribution is -0.383. The maximum Gasteiger partial charge on any atom is 0.293 e. The summed E-state index contributed by atoms with van der Waals surface area (Å²) in [5.41, 5.74) is 5.64. The van der Waals surface area contributed by atoms with Crippen molar-refractivity contribution in [3.63, 3.8) is 0 Å². The highest BCUT2D eigenvalue weighted by Crippen LogP contribution is 2.34. The van der Waals surface area contributed by atoms with E-state index in [4.69, 9.17) is 4.52 Å². The zero-order chi connectivity index (χ0) is 21.3. The van der Waals surface area contributed by atoms with Gasteiger partial charge >= 0.3 is 0 Å². The number of rotatable bonds is 5. The number of nitro groups is 1. The molecular weight excluding hydrogens is 380 g/mol. The van der Waals surface area contributed by atoms with E-state index in [-0.39, 0.29) is 11.6 Å². The number of nitro benzene ring substituents is 1. The third kappa shape index (κ3) is 3.77. The van der Waals surface area contributed by atoms with E-state index in [0.29, 0.717) is 17.1 Å². The van der Waals surface area contributed by atoms with Gasteiger partial charge in [0, 0.05) is 22.9 Å². The maximum atomic E-state index is 11.7. The van der Waals surface area contributed by atoms with Gasteiger partial charge in [-0.05, 0) is 50.1 Å². The van der Waals surface area contributed by atoms with Gasteiger partial charge in [0.1, 0.15) is 5.69 Å². The third-order valence-corrected chi connectivity index (χ3v) is 4.90. The van der Waals surface area contributed by atoms with Gasteiger partial charge < -0.3 is 9.84 Å². The Morgan fingerprint density at radius 1 is 0.933 bits per heavy atom. The van der Waals surface area contributed by atoms with Gasteiger partial charge in [-0.15, -0.1) is 0 Å². The fraction of sp³-hybridized carbons (Fsp3) is 0.130. The number of aromatic nitrogens is 2. The molecule has 0 amide bonds. The van der Waals surface area contributed by atoms with E-state index in [1.807, 2.05) is 63.2 Å². The van der Waals surface area contributed by atoms with E-state index in [1.165, 1.54) is 6.07 Å². The van der Waals surface area contributed by atoms with Gasteiger partial charge in [-0.25, -0.2) is 0 Å². The standard InChI is InChI=1S/C23H20N4O3/c1-14-8-10-19(16(3)12-14)24-20-11-9-17(13-21(20)27(28)29)23-25-22(26-30-23)18-7-5-4-6-15(18)2/h4-13,24H,1-3H3. The van der Waals surface area contributed by atoms with Crippen LogP contribution in [0.3, 0.4) is 0 Å². The van der Waals surface area contributed by atoms with Crippen molar-refractivity contribution in [2.45, 2.75) is 20.8 Å². The topological polar surface area (TPSA) is 94.1 Å². The highest BCUT2D eigenvalue weighted by atomic mass is 16.6. The minimum Gasteiger partial charge on any atom is -0.350 e. The number of nitrogens with zero attached hydrogens (tertiary/aromatic N) is 3. The molecule has 0 unspecified atom stereocenters. The van der Waals surface area contributed by atoms with Crippen molar-refractivity contribution in [3.8, 4) is 22.8 Å². The Labute approximate surface area is 173 Å². The van der Waals surface area contributed by atoms with Crippen molar-refractivity contribution in [3.05, 3.63) is 87.5 Å². The fourth-order valence-electron chi connectivity index (χ4n) is 3.29. The summed E-state index contributed by atoms with van der Waals surface area (Å²) in [4.78, 5) is 15.7. The Morgan fingerprint density at radius 2 is 1.70 bits per heavy atom. The maximum absolute atomic E-state index is 11.7. The van der Waals surface area contributed by atoms with Crippen molar-refractivity contribution < 1.29 is 9.45 Å². The molecule has 3 aromatic carbocycles. The van der Waals surface area contributed by atoms with Crippen molar-refractivity contribution >= 4 is 17.1 Å². The van der Waals surface area contributed by atoms with E-state index < -0.39 is 4.92 Å². The van der Waals surface area contributed by atoms with Crippen LogP contribution >= 0.6 is 0 Å². The summed E-state index contributed by atoms with van der Waals surface area (Å²) in [5, 5.41) is 18.9. The predicted molar refractivity (Wildman–Crippen MR) is 116 cm³/mol. The first-order valence-corrected chi connectivity index (χ1v) is 9.45. The van der Waals surface area contributed by atoms with Crippen LogP contribution in [0.2, 0.25) is 0 Å². The number of nitrogens with one attached hydrogen (secondary N) is 1. The molecule has 4 rings (SSSR count). The van der Waals surface area contributed by atoms with E-state index in [0.717, 1.165) is 27.9 Å². The number of anilines is 2. The molecule has 0 atom stereocenters. The zero-order valence-electron chi connectivity index (χ0n) is 16.8. The van der Waals surface area contributed by atoms with Crippen LogP contribution in [0.25, 0.3) is 22.8 Å². The Kier molecular flexibility index (Phi) is 5.02. The predicted octanol–water partition coefficient (Wildman–Crippen LogP) is 5.98. The normalized spacial score (nSPS) is 10.8. The van der Waals surface area contributed by atoms with E-state index in [2.05, 4.69) is 15.5 Å². The van der Waals surface area contributed by atoms with Crippen LogP contribution in [0, 0.1) is 30.9 Å². The lowest BCUT2D eigenvalue weighted by atomic mass is 10.1. The molecular formula is C23H20N4O3. The molecule has 7 nitrogen and oxygen atoms in total. The van der Waals surface area contributed by atoms with Crippen LogP contribution in [0.1, 0.15) is 16.7 Å². The zero-order valence-corrected chi connectivity index (χ0v) is 16.8. The molecule has 7 heteroatoms. The summed E-state index contributed by atoms with van der Waals surface area (Å²) < 4.78 is 5.38. The lowest BCUT2D eigenvalue weighted by Crippen LogP contribution is -1.99. The number of hydrogen-bond donors (Lipinski definition) is 1. The van der Waals surface area contributed by atoms with Crippen LogP contribution in [0.5, 0.6) is 0 Å².